The molecular weight excluding hydrogens is 606 g/mol. The van der Waals surface area contributed by atoms with Crippen molar-refractivity contribution in [2.24, 2.45) is 11.7 Å². The molecule has 2 aromatic carbocycles. The van der Waals surface area contributed by atoms with Crippen LogP contribution in [0.2, 0.25) is 0 Å². The highest BCUT2D eigenvalue weighted by atomic mass is 35.5. The number of likely N-dealkylation sites (N-methyl/N-ethyl adjacent to an activating group) is 1. The molecular formula is C34H48ClN7O4. The molecule has 3 heterocycles. The molecule has 0 radical (unpaired) electrons. The molecule has 2 aliphatic rings. The van der Waals surface area contributed by atoms with Crippen molar-refractivity contribution in [2.45, 2.75) is 50.7 Å². The quantitative estimate of drug-likeness (QED) is 0.271. The van der Waals surface area contributed by atoms with Gasteiger partial charge in [0.1, 0.15) is 0 Å². The largest absolute Gasteiger partial charge is 0.388 e. The summed E-state index contributed by atoms with van der Waals surface area (Å²) in [5.41, 5.74) is 6.60. The number of nitrogens with zero attached hydrogens (tertiary/aromatic N) is 5. The van der Waals surface area contributed by atoms with Crippen molar-refractivity contribution in [1.29, 1.82) is 0 Å². The van der Waals surface area contributed by atoms with Crippen molar-refractivity contribution in [3.05, 3.63) is 70.8 Å². The van der Waals surface area contributed by atoms with E-state index in [1.807, 2.05) is 35.2 Å². The Kier molecular flexibility index (Phi) is 12.7. The monoisotopic (exact) mass is 653 g/mol. The minimum Gasteiger partial charge on any atom is -0.388 e. The lowest BCUT2D eigenvalue weighted by Gasteiger charge is -2.39. The number of aliphatic hydroxyl groups is 1. The molecule has 0 saturated carbocycles. The van der Waals surface area contributed by atoms with E-state index in [4.69, 9.17) is 5.73 Å². The predicted molar refractivity (Wildman–Crippen MR) is 183 cm³/mol. The number of amides is 2. The highest BCUT2D eigenvalue weighted by Crippen LogP contribution is 2.27. The number of likely N-dealkylation sites (tertiary alicyclic amines) is 1. The van der Waals surface area contributed by atoms with Gasteiger partial charge in [-0.1, -0.05) is 30.3 Å². The van der Waals surface area contributed by atoms with Crippen LogP contribution in [-0.2, 0) is 22.6 Å². The minimum atomic E-state index is -1.13. The topological polar surface area (TPSA) is 137 Å². The van der Waals surface area contributed by atoms with Gasteiger partial charge in [-0.05, 0) is 69.5 Å². The van der Waals surface area contributed by atoms with Gasteiger partial charge >= 0.3 is 0 Å². The van der Waals surface area contributed by atoms with E-state index in [9.17, 15) is 19.5 Å². The van der Waals surface area contributed by atoms with Crippen molar-refractivity contribution < 1.29 is 14.7 Å². The Labute approximate surface area is 277 Å². The number of benzene rings is 2. The molecule has 2 amide bonds. The first-order chi connectivity index (χ1) is 21.7. The van der Waals surface area contributed by atoms with Crippen molar-refractivity contribution in [3.8, 4) is 0 Å². The van der Waals surface area contributed by atoms with Gasteiger partial charge in [-0.15, -0.1) is 12.4 Å². The molecule has 0 bridgehead atoms. The summed E-state index contributed by atoms with van der Waals surface area (Å²) in [5.74, 6) is -0.123. The van der Waals surface area contributed by atoms with Crippen molar-refractivity contribution in [1.82, 2.24) is 24.3 Å². The summed E-state index contributed by atoms with van der Waals surface area (Å²) in [7, 11) is 2.11. The number of rotatable bonds is 12. The van der Waals surface area contributed by atoms with E-state index in [2.05, 4.69) is 27.1 Å². The van der Waals surface area contributed by atoms with Crippen LogP contribution in [0.3, 0.4) is 0 Å². The summed E-state index contributed by atoms with van der Waals surface area (Å²) < 4.78 is 1.45. The fourth-order valence-electron chi connectivity index (χ4n) is 6.36. The average Bonchev–Trinajstić information content (AvgIpc) is 3.04. The maximum absolute atomic E-state index is 13.5. The fraction of sp³-hybridized carbons (Fsp3) is 0.529. The highest BCUT2D eigenvalue weighted by molar-refractivity contribution is 5.93. The van der Waals surface area contributed by atoms with Gasteiger partial charge in [0.2, 0.25) is 11.8 Å². The Hall–Kier alpha value is -3.35. The van der Waals surface area contributed by atoms with Gasteiger partial charge in [0, 0.05) is 63.8 Å². The number of fused-ring (bicyclic) bond motifs is 1. The molecule has 2 saturated heterocycles. The van der Waals surface area contributed by atoms with Crippen molar-refractivity contribution in [3.63, 3.8) is 0 Å². The number of nitrogens with one attached hydrogen (secondary N) is 1. The third kappa shape index (κ3) is 9.36. The molecule has 5 rings (SSSR count). The predicted octanol–water partition coefficient (Wildman–Crippen LogP) is 2.35. The average molecular weight is 654 g/mol. The smallest absolute Gasteiger partial charge is 0.261 e. The Morgan fingerprint density at radius 3 is 2.46 bits per heavy atom. The second-order valence-corrected chi connectivity index (χ2v) is 12.7. The zero-order valence-electron chi connectivity index (χ0n) is 26.8. The zero-order valence-corrected chi connectivity index (χ0v) is 27.6. The lowest BCUT2D eigenvalue weighted by molar-refractivity contribution is -0.140. The highest BCUT2D eigenvalue weighted by Gasteiger charge is 2.36. The Balaban J connectivity index is 0.00000480. The number of carbonyl (C=O) groups is 2. The summed E-state index contributed by atoms with van der Waals surface area (Å²) in [4.78, 5) is 50.3. The molecule has 3 aromatic rings. The van der Waals surface area contributed by atoms with Crippen molar-refractivity contribution >= 4 is 40.8 Å². The van der Waals surface area contributed by atoms with E-state index in [0.717, 1.165) is 44.6 Å². The van der Waals surface area contributed by atoms with E-state index in [0.29, 0.717) is 68.5 Å². The van der Waals surface area contributed by atoms with Gasteiger partial charge in [-0.3, -0.25) is 19.0 Å². The van der Waals surface area contributed by atoms with Crippen LogP contribution in [0.25, 0.3) is 10.9 Å². The molecule has 0 aliphatic carbocycles. The number of hydrogen-bond acceptors (Lipinski definition) is 8. The first kappa shape index (κ1) is 35.5. The summed E-state index contributed by atoms with van der Waals surface area (Å²) in [6, 6.07) is 15.1. The lowest BCUT2D eigenvalue weighted by atomic mass is 9.88. The van der Waals surface area contributed by atoms with Crippen LogP contribution < -0.4 is 16.6 Å². The second kappa shape index (κ2) is 16.5. The number of halogens is 1. The third-order valence-corrected chi connectivity index (χ3v) is 9.26. The molecule has 12 heteroatoms. The van der Waals surface area contributed by atoms with Gasteiger partial charge in [0.25, 0.3) is 5.56 Å². The van der Waals surface area contributed by atoms with Gasteiger partial charge < -0.3 is 30.9 Å². The van der Waals surface area contributed by atoms with E-state index in [1.165, 1.54) is 10.9 Å². The van der Waals surface area contributed by atoms with Crippen LogP contribution in [0.5, 0.6) is 0 Å². The van der Waals surface area contributed by atoms with Gasteiger partial charge in [0.15, 0.2) is 0 Å². The SMILES string of the molecule is CN1CCN(CCC(=O)Nc2ccc3c(=O)n(CC4(O)CCN(C(=O)C(CCCN)Cc5ccccc5)CC4)cnc3c2)CC1.Cl. The molecule has 2 fully saturated rings. The number of anilines is 1. The lowest BCUT2D eigenvalue weighted by Crippen LogP contribution is -2.51. The summed E-state index contributed by atoms with van der Waals surface area (Å²) in [6.45, 7) is 6.16. The van der Waals surface area contributed by atoms with E-state index in [-0.39, 0.29) is 42.2 Å². The van der Waals surface area contributed by atoms with Gasteiger partial charge in [0.05, 0.1) is 29.4 Å². The summed E-state index contributed by atoms with van der Waals surface area (Å²) >= 11 is 0. The molecule has 1 unspecified atom stereocenters. The van der Waals surface area contributed by atoms with Crippen molar-refractivity contribution in [2.75, 3.05) is 64.7 Å². The van der Waals surface area contributed by atoms with Crippen LogP contribution in [0.15, 0.2) is 59.7 Å². The van der Waals surface area contributed by atoms with E-state index < -0.39 is 5.60 Å². The molecule has 4 N–H and O–H groups in total. The number of aromatic nitrogens is 2. The van der Waals surface area contributed by atoms with Crippen LogP contribution in [-0.4, -0.2) is 106 Å². The molecule has 0 spiro atoms. The number of nitrogens with two attached hydrogens (primary N) is 1. The third-order valence-electron chi connectivity index (χ3n) is 9.26. The molecule has 46 heavy (non-hydrogen) atoms. The number of carbonyl (C=O) groups excluding carboxylic acids is 2. The van der Waals surface area contributed by atoms with E-state index >= 15 is 0 Å². The Morgan fingerprint density at radius 2 is 1.76 bits per heavy atom. The maximum Gasteiger partial charge on any atom is 0.261 e. The fourth-order valence-corrected chi connectivity index (χ4v) is 6.36. The van der Waals surface area contributed by atoms with E-state index in [1.54, 1.807) is 18.2 Å². The maximum atomic E-state index is 13.5. The Morgan fingerprint density at radius 1 is 1.04 bits per heavy atom. The standard InChI is InChI=1S/C34H47N7O4.ClH/c1-38-18-20-39(21-19-38)15-11-31(42)37-28-9-10-29-30(23-28)36-25-41(33(29)44)24-34(45)12-16-40(17-13-34)32(43)27(8-5-14-35)22-26-6-3-2-4-7-26;/h2-4,6-7,9-10,23,25,27,45H,5,8,11-22,24,35H2,1H3,(H,37,42);1H. The molecule has 11 nitrogen and oxygen atoms in total. The summed E-state index contributed by atoms with van der Waals surface area (Å²) in [5, 5.41) is 14.8. The molecule has 250 valence electrons. The zero-order chi connectivity index (χ0) is 31.8. The normalized spacial score (nSPS) is 17.8. The van der Waals surface area contributed by atoms with Crippen LogP contribution in [0.4, 0.5) is 5.69 Å². The Bertz CT molecular complexity index is 1500. The molecule has 1 atom stereocenters. The molecule has 2 aliphatic heterocycles. The second-order valence-electron chi connectivity index (χ2n) is 12.7. The number of piperazine rings is 1. The summed E-state index contributed by atoms with van der Waals surface area (Å²) in [6.07, 6.45) is 4.78. The van der Waals surface area contributed by atoms with Crippen LogP contribution >= 0.6 is 12.4 Å². The first-order valence-corrected chi connectivity index (χ1v) is 16.2. The van der Waals surface area contributed by atoms with Crippen LogP contribution in [0, 0.1) is 5.92 Å². The number of piperidine rings is 1. The number of hydrogen-bond donors (Lipinski definition) is 3. The minimum absolute atomic E-state index is 0. The first-order valence-electron chi connectivity index (χ1n) is 16.2. The van der Waals surface area contributed by atoms with Gasteiger partial charge in [-0.25, -0.2) is 4.98 Å². The van der Waals surface area contributed by atoms with Gasteiger partial charge in [-0.2, -0.15) is 0 Å². The van der Waals surface area contributed by atoms with Crippen LogP contribution in [0.1, 0.15) is 37.7 Å². The molecule has 1 aromatic heterocycles.